The standard InChI is InChI=1S/C23H31N3O3/c1-28-16-14-23(22-24-21(29-25-22)19-11-12-19)13-6-15-26(17-23)20(27)10-5-9-18-7-3-2-4-8-18/h2-4,7-8,19H,5-6,9-17H2,1H3. The zero-order valence-electron chi connectivity index (χ0n) is 17.3. The third-order valence-corrected chi connectivity index (χ3v) is 6.26. The van der Waals surface area contributed by atoms with E-state index in [0.717, 1.165) is 63.2 Å². The first kappa shape index (κ1) is 20.1. The topological polar surface area (TPSA) is 68.5 Å². The van der Waals surface area contributed by atoms with Crippen molar-refractivity contribution >= 4 is 5.91 Å². The number of ether oxygens (including phenoxy) is 1. The molecular formula is C23H31N3O3. The maximum atomic E-state index is 12.9. The molecule has 0 radical (unpaired) electrons. The van der Waals surface area contributed by atoms with Crippen LogP contribution in [0.1, 0.15) is 68.1 Å². The second-order valence-corrected chi connectivity index (χ2v) is 8.51. The Balaban J connectivity index is 1.40. The van der Waals surface area contributed by atoms with Gasteiger partial charge in [-0.3, -0.25) is 4.79 Å². The number of rotatable bonds is 9. The van der Waals surface area contributed by atoms with E-state index in [1.165, 1.54) is 5.56 Å². The first-order valence-electron chi connectivity index (χ1n) is 10.8. The molecular weight excluding hydrogens is 366 g/mol. The summed E-state index contributed by atoms with van der Waals surface area (Å²) in [6.07, 6.45) is 7.39. The molecule has 2 heterocycles. The zero-order chi connectivity index (χ0) is 20.1. The lowest BCUT2D eigenvalue weighted by Gasteiger charge is -2.41. The maximum Gasteiger partial charge on any atom is 0.229 e. The van der Waals surface area contributed by atoms with Crippen LogP contribution < -0.4 is 0 Å². The van der Waals surface area contributed by atoms with E-state index < -0.39 is 0 Å². The van der Waals surface area contributed by atoms with E-state index in [1.807, 2.05) is 23.1 Å². The number of hydrogen-bond donors (Lipinski definition) is 0. The Morgan fingerprint density at radius 2 is 2.14 bits per heavy atom. The van der Waals surface area contributed by atoms with Crippen molar-refractivity contribution in [2.45, 2.75) is 62.7 Å². The van der Waals surface area contributed by atoms with Crippen LogP contribution in [-0.4, -0.2) is 47.8 Å². The lowest BCUT2D eigenvalue weighted by molar-refractivity contribution is -0.133. The zero-order valence-corrected chi connectivity index (χ0v) is 17.3. The van der Waals surface area contributed by atoms with Crippen molar-refractivity contribution in [3.05, 3.63) is 47.6 Å². The van der Waals surface area contributed by atoms with E-state index >= 15 is 0 Å². The van der Waals surface area contributed by atoms with Crippen LogP contribution in [0.4, 0.5) is 0 Å². The van der Waals surface area contributed by atoms with Gasteiger partial charge in [0.2, 0.25) is 11.8 Å². The first-order valence-corrected chi connectivity index (χ1v) is 10.8. The molecule has 1 atom stereocenters. The van der Waals surface area contributed by atoms with Gasteiger partial charge in [0.15, 0.2) is 5.82 Å². The fourth-order valence-electron chi connectivity index (χ4n) is 4.33. The van der Waals surface area contributed by atoms with Crippen molar-refractivity contribution in [1.82, 2.24) is 15.0 Å². The van der Waals surface area contributed by atoms with Crippen LogP contribution in [0.2, 0.25) is 0 Å². The van der Waals surface area contributed by atoms with Crippen LogP contribution in [0.5, 0.6) is 0 Å². The number of piperidine rings is 1. The van der Waals surface area contributed by atoms with Crippen molar-refractivity contribution < 1.29 is 14.1 Å². The minimum atomic E-state index is -0.264. The van der Waals surface area contributed by atoms with Crippen LogP contribution in [0.3, 0.4) is 0 Å². The van der Waals surface area contributed by atoms with E-state index in [1.54, 1.807) is 7.11 Å². The second kappa shape index (κ2) is 9.08. The molecule has 4 rings (SSSR count). The highest BCUT2D eigenvalue weighted by Crippen LogP contribution is 2.41. The molecule has 1 aliphatic heterocycles. The van der Waals surface area contributed by atoms with Gasteiger partial charge in [0.25, 0.3) is 0 Å². The average Bonchev–Trinajstić information content (AvgIpc) is 3.49. The number of likely N-dealkylation sites (tertiary alicyclic amines) is 1. The Labute approximate surface area is 172 Å². The van der Waals surface area contributed by atoms with Crippen LogP contribution in [0.15, 0.2) is 34.9 Å². The van der Waals surface area contributed by atoms with Gasteiger partial charge in [-0.15, -0.1) is 0 Å². The molecule has 0 spiro atoms. The Morgan fingerprint density at radius 3 is 2.90 bits per heavy atom. The van der Waals surface area contributed by atoms with Gasteiger partial charge in [-0.1, -0.05) is 35.5 Å². The molecule has 0 N–H and O–H groups in total. The Kier molecular flexibility index (Phi) is 6.28. The third kappa shape index (κ3) is 4.86. The fraction of sp³-hybridized carbons (Fsp3) is 0.609. The predicted octanol–water partition coefficient (Wildman–Crippen LogP) is 3.87. The van der Waals surface area contributed by atoms with E-state index in [0.29, 0.717) is 25.5 Å². The van der Waals surface area contributed by atoms with Gasteiger partial charge < -0.3 is 14.2 Å². The van der Waals surface area contributed by atoms with E-state index in [9.17, 15) is 4.79 Å². The number of aryl methyl sites for hydroxylation is 1. The summed E-state index contributed by atoms with van der Waals surface area (Å²) in [5.41, 5.74) is 1.02. The molecule has 6 heteroatoms. The molecule has 1 unspecified atom stereocenters. The third-order valence-electron chi connectivity index (χ3n) is 6.26. The van der Waals surface area contributed by atoms with Crippen molar-refractivity contribution in [2.75, 3.05) is 26.8 Å². The van der Waals surface area contributed by atoms with Gasteiger partial charge in [-0.05, 0) is 50.5 Å². The molecule has 1 amide bonds. The highest BCUT2D eigenvalue weighted by molar-refractivity contribution is 5.76. The lowest BCUT2D eigenvalue weighted by atomic mass is 9.76. The summed E-state index contributed by atoms with van der Waals surface area (Å²) >= 11 is 0. The minimum Gasteiger partial charge on any atom is -0.385 e. The minimum absolute atomic E-state index is 0.230. The van der Waals surface area contributed by atoms with Gasteiger partial charge in [0, 0.05) is 39.1 Å². The molecule has 1 aromatic carbocycles. The number of nitrogens with zero attached hydrogens (tertiary/aromatic N) is 3. The molecule has 6 nitrogen and oxygen atoms in total. The van der Waals surface area contributed by atoms with Crippen molar-refractivity contribution in [3.63, 3.8) is 0 Å². The number of aromatic nitrogens is 2. The van der Waals surface area contributed by atoms with E-state index in [2.05, 4.69) is 17.3 Å². The van der Waals surface area contributed by atoms with Gasteiger partial charge >= 0.3 is 0 Å². The summed E-state index contributed by atoms with van der Waals surface area (Å²) in [6.45, 7) is 2.10. The quantitative estimate of drug-likeness (QED) is 0.643. The van der Waals surface area contributed by atoms with Crippen LogP contribution in [0.25, 0.3) is 0 Å². The molecule has 2 aromatic rings. The van der Waals surface area contributed by atoms with Crippen LogP contribution in [0, 0.1) is 0 Å². The van der Waals surface area contributed by atoms with Crippen molar-refractivity contribution in [1.29, 1.82) is 0 Å². The van der Waals surface area contributed by atoms with Crippen molar-refractivity contribution in [2.24, 2.45) is 0 Å². The van der Waals surface area contributed by atoms with Gasteiger partial charge in [0.05, 0.1) is 5.41 Å². The molecule has 1 saturated carbocycles. The van der Waals surface area contributed by atoms with E-state index in [4.69, 9.17) is 14.2 Å². The van der Waals surface area contributed by atoms with Crippen LogP contribution in [-0.2, 0) is 21.4 Å². The molecule has 2 aliphatic rings. The molecule has 2 fully saturated rings. The number of benzene rings is 1. The van der Waals surface area contributed by atoms with Gasteiger partial charge in [-0.25, -0.2) is 0 Å². The number of carbonyl (C=O) groups excluding carboxylic acids is 1. The summed E-state index contributed by atoms with van der Waals surface area (Å²) in [7, 11) is 1.72. The second-order valence-electron chi connectivity index (χ2n) is 8.51. The predicted molar refractivity (Wildman–Crippen MR) is 110 cm³/mol. The number of methoxy groups -OCH3 is 1. The van der Waals surface area contributed by atoms with Crippen LogP contribution >= 0.6 is 0 Å². The molecule has 29 heavy (non-hydrogen) atoms. The largest absolute Gasteiger partial charge is 0.385 e. The summed E-state index contributed by atoms with van der Waals surface area (Å²) in [6, 6.07) is 10.4. The summed E-state index contributed by atoms with van der Waals surface area (Å²) < 4.78 is 10.9. The average molecular weight is 398 g/mol. The highest BCUT2D eigenvalue weighted by Gasteiger charge is 2.43. The van der Waals surface area contributed by atoms with Gasteiger partial charge in [-0.2, -0.15) is 4.98 Å². The smallest absolute Gasteiger partial charge is 0.229 e. The molecule has 1 aromatic heterocycles. The Morgan fingerprint density at radius 1 is 1.31 bits per heavy atom. The summed E-state index contributed by atoms with van der Waals surface area (Å²) in [5.74, 6) is 2.20. The highest BCUT2D eigenvalue weighted by atomic mass is 16.5. The Bertz CT molecular complexity index is 803. The summed E-state index contributed by atoms with van der Waals surface area (Å²) in [4.78, 5) is 19.7. The van der Waals surface area contributed by atoms with Gasteiger partial charge in [0.1, 0.15) is 0 Å². The lowest BCUT2D eigenvalue weighted by Crippen LogP contribution is -2.49. The summed E-state index contributed by atoms with van der Waals surface area (Å²) in [5, 5.41) is 4.34. The van der Waals surface area contributed by atoms with Crippen molar-refractivity contribution in [3.8, 4) is 0 Å². The molecule has 0 bridgehead atoms. The van der Waals surface area contributed by atoms with E-state index in [-0.39, 0.29) is 11.3 Å². The molecule has 1 aliphatic carbocycles. The first-order chi connectivity index (χ1) is 14.2. The normalized spacial score (nSPS) is 22.0. The number of carbonyl (C=O) groups is 1. The number of amides is 1. The molecule has 156 valence electrons. The maximum absolute atomic E-state index is 12.9. The SMILES string of the molecule is COCCC1(c2noc(C3CC3)n2)CCCN(C(=O)CCCc2ccccc2)C1. The fourth-order valence-corrected chi connectivity index (χ4v) is 4.33. The Hall–Kier alpha value is -2.21. The number of hydrogen-bond acceptors (Lipinski definition) is 5. The molecule has 1 saturated heterocycles. The monoisotopic (exact) mass is 397 g/mol.